The molecule has 0 heterocycles. The van der Waals surface area contributed by atoms with Gasteiger partial charge in [0.25, 0.3) is 0 Å². The molecule has 0 aromatic heterocycles. The van der Waals surface area contributed by atoms with Crippen molar-refractivity contribution in [2.45, 2.75) is 25.1 Å². The summed E-state index contributed by atoms with van der Waals surface area (Å²) in [5.41, 5.74) is 0. The standard InChI is InChI=1S/C5H10Br/c1-3-4-5(2)6/h4-5H,3H2,1-2H3. The quantitative estimate of drug-likeness (QED) is 0.530. The van der Waals surface area contributed by atoms with Gasteiger partial charge in [-0.15, -0.1) is 0 Å². The van der Waals surface area contributed by atoms with E-state index in [4.69, 9.17) is 0 Å². The first-order valence-electron chi connectivity index (χ1n) is 2.24. The van der Waals surface area contributed by atoms with Gasteiger partial charge in [0.1, 0.15) is 0 Å². The molecule has 0 fully saturated rings. The van der Waals surface area contributed by atoms with Gasteiger partial charge in [0.2, 0.25) is 0 Å². The van der Waals surface area contributed by atoms with Crippen LogP contribution in [0.2, 0.25) is 0 Å². The summed E-state index contributed by atoms with van der Waals surface area (Å²) in [7, 11) is 0. The van der Waals surface area contributed by atoms with Crippen molar-refractivity contribution in [3.8, 4) is 0 Å². The van der Waals surface area contributed by atoms with Crippen LogP contribution in [0.5, 0.6) is 0 Å². The van der Waals surface area contributed by atoms with E-state index < -0.39 is 0 Å². The smallest absolute Gasteiger partial charge is 0.0148 e. The molecule has 0 N–H and O–H groups in total. The minimum atomic E-state index is 0.586. The second-order valence-corrected chi connectivity index (χ2v) is 2.77. The van der Waals surface area contributed by atoms with Crippen LogP contribution in [0.4, 0.5) is 0 Å². The number of alkyl halides is 1. The summed E-state index contributed by atoms with van der Waals surface area (Å²) in [6.45, 7) is 4.25. The van der Waals surface area contributed by atoms with E-state index in [1.807, 2.05) is 0 Å². The zero-order valence-corrected chi connectivity index (χ0v) is 5.83. The largest absolute Gasteiger partial charge is 0.0891 e. The molecule has 37 valence electrons. The van der Waals surface area contributed by atoms with E-state index in [0.29, 0.717) is 4.83 Å². The maximum absolute atomic E-state index is 3.38. The first kappa shape index (κ1) is 6.48. The van der Waals surface area contributed by atoms with Crippen molar-refractivity contribution in [1.29, 1.82) is 0 Å². The van der Waals surface area contributed by atoms with Gasteiger partial charge in [-0.25, -0.2) is 0 Å². The monoisotopic (exact) mass is 149 g/mol. The number of halogens is 1. The lowest BCUT2D eigenvalue weighted by Gasteiger charge is -1.93. The molecule has 6 heavy (non-hydrogen) atoms. The van der Waals surface area contributed by atoms with Gasteiger partial charge in [0.05, 0.1) is 0 Å². The van der Waals surface area contributed by atoms with Gasteiger partial charge in [0, 0.05) is 4.83 Å². The van der Waals surface area contributed by atoms with Crippen molar-refractivity contribution >= 4 is 15.9 Å². The van der Waals surface area contributed by atoms with Crippen molar-refractivity contribution in [3.05, 3.63) is 6.42 Å². The van der Waals surface area contributed by atoms with Crippen molar-refractivity contribution in [1.82, 2.24) is 0 Å². The van der Waals surface area contributed by atoms with Crippen LogP contribution in [0.25, 0.3) is 0 Å². The molecule has 0 aliphatic carbocycles. The Kier molecular flexibility index (Phi) is 3.96. The van der Waals surface area contributed by atoms with E-state index in [1.165, 1.54) is 0 Å². The fourth-order valence-corrected chi connectivity index (χ4v) is 0.699. The molecular formula is C5H10Br. The first-order valence-corrected chi connectivity index (χ1v) is 3.16. The van der Waals surface area contributed by atoms with Gasteiger partial charge < -0.3 is 0 Å². The summed E-state index contributed by atoms with van der Waals surface area (Å²) < 4.78 is 0. The molecular weight excluding hydrogens is 140 g/mol. The van der Waals surface area contributed by atoms with Crippen molar-refractivity contribution in [2.24, 2.45) is 0 Å². The molecule has 0 rings (SSSR count). The lowest BCUT2D eigenvalue weighted by molar-refractivity contribution is 0.998. The highest BCUT2D eigenvalue weighted by Gasteiger charge is 1.88. The Balaban J connectivity index is 2.63. The maximum atomic E-state index is 3.38. The van der Waals surface area contributed by atoms with Crippen LogP contribution in [0, 0.1) is 6.42 Å². The highest BCUT2D eigenvalue weighted by molar-refractivity contribution is 9.09. The second kappa shape index (κ2) is 3.66. The van der Waals surface area contributed by atoms with Crippen molar-refractivity contribution in [3.63, 3.8) is 0 Å². The van der Waals surface area contributed by atoms with E-state index >= 15 is 0 Å². The number of hydrogen-bond acceptors (Lipinski definition) is 0. The third kappa shape index (κ3) is 4.48. The van der Waals surface area contributed by atoms with Gasteiger partial charge in [0.15, 0.2) is 0 Å². The zero-order valence-electron chi connectivity index (χ0n) is 4.24. The van der Waals surface area contributed by atoms with E-state index in [2.05, 4.69) is 36.2 Å². The molecule has 0 aromatic carbocycles. The highest BCUT2D eigenvalue weighted by atomic mass is 79.9. The zero-order chi connectivity index (χ0) is 4.99. The van der Waals surface area contributed by atoms with E-state index in [0.717, 1.165) is 6.42 Å². The van der Waals surface area contributed by atoms with Crippen LogP contribution in [0.3, 0.4) is 0 Å². The van der Waals surface area contributed by atoms with Gasteiger partial charge >= 0.3 is 0 Å². The molecule has 0 spiro atoms. The molecule has 0 nitrogen and oxygen atoms in total. The molecule has 1 radical (unpaired) electrons. The summed E-state index contributed by atoms with van der Waals surface area (Å²) in [4.78, 5) is 0.586. The topological polar surface area (TPSA) is 0 Å². The van der Waals surface area contributed by atoms with E-state index in [9.17, 15) is 0 Å². The Morgan fingerprint density at radius 2 is 2.33 bits per heavy atom. The first-order chi connectivity index (χ1) is 2.77. The Hall–Kier alpha value is 0.480. The Bertz CT molecular complexity index is 25.1. The third-order valence-corrected chi connectivity index (χ3v) is 0.934. The van der Waals surface area contributed by atoms with Gasteiger partial charge in [-0.05, 0) is 6.42 Å². The summed E-state index contributed by atoms with van der Waals surface area (Å²) in [6, 6.07) is 0. The van der Waals surface area contributed by atoms with Gasteiger partial charge in [-0.3, -0.25) is 0 Å². The minimum absolute atomic E-state index is 0.586. The second-order valence-electron chi connectivity index (χ2n) is 1.32. The molecule has 0 amide bonds. The van der Waals surface area contributed by atoms with Crippen LogP contribution in [0.1, 0.15) is 20.3 Å². The number of rotatable bonds is 2. The molecule has 0 aromatic rings. The van der Waals surface area contributed by atoms with Crippen LogP contribution < -0.4 is 0 Å². The van der Waals surface area contributed by atoms with Crippen molar-refractivity contribution < 1.29 is 0 Å². The van der Waals surface area contributed by atoms with Crippen LogP contribution in [-0.4, -0.2) is 4.83 Å². The predicted octanol–water partition coefficient (Wildman–Crippen LogP) is 2.38. The minimum Gasteiger partial charge on any atom is -0.0891 e. The van der Waals surface area contributed by atoms with Gasteiger partial charge in [-0.1, -0.05) is 36.2 Å². The Morgan fingerprint density at radius 3 is 2.33 bits per heavy atom. The Morgan fingerprint density at radius 1 is 1.83 bits per heavy atom. The maximum Gasteiger partial charge on any atom is 0.0148 e. The van der Waals surface area contributed by atoms with Crippen LogP contribution in [-0.2, 0) is 0 Å². The van der Waals surface area contributed by atoms with E-state index in [-0.39, 0.29) is 0 Å². The predicted molar refractivity (Wildman–Crippen MR) is 33.0 cm³/mol. The average Bonchev–Trinajstić information content (AvgIpc) is 1.35. The molecule has 1 atom stereocenters. The molecule has 1 heteroatoms. The third-order valence-electron chi connectivity index (χ3n) is 0.560. The SMILES string of the molecule is CC[CH]C(C)Br. The highest BCUT2D eigenvalue weighted by Crippen LogP contribution is 2.02. The summed E-state index contributed by atoms with van der Waals surface area (Å²) in [6.07, 6.45) is 3.37. The lowest BCUT2D eigenvalue weighted by Crippen LogP contribution is -1.86. The molecule has 1 unspecified atom stereocenters. The summed E-state index contributed by atoms with van der Waals surface area (Å²) in [5.74, 6) is 0. The summed E-state index contributed by atoms with van der Waals surface area (Å²) in [5, 5.41) is 0. The van der Waals surface area contributed by atoms with Crippen LogP contribution in [0.15, 0.2) is 0 Å². The Labute approximate surface area is 48.1 Å². The number of hydrogen-bond donors (Lipinski definition) is 0. The fraction of sp³-hybridized carbons (Fsp3) is 0.800. The molecule has 0 aliphatic heterocycles. The molecule has 0 saturated carbocycles. The van der Waals surface area contributed by atoms with Gasteiger partial charge in [-0.2, -0.15) is 0 Å². The fourth-order valence-electron chi connectivity index (χ4n) is 0.325. The molecule has 0 bridgehead atoms. The normalized spacial score (nSPS) is 14.5. The average molecular weight is 150 g/mol. The molecule has 0 aliphatic rings. The lowest BCUT2D eigenvalue weighted by atomic mass is 10.3. The summed E-state index contributed by atoms with van der Waals surface area (Å²) >= 11 is 3.38. The van der Waals surface area contributed by atoms with Crippen molar-refractivity contribution in [2.75, 3.05) is 0 Å². The molecule has 0 saturated heterocycles. The van der Waals surface area contributed by atoms with E-state index in [1.54, 1.807) is 0 Å². The van der Waals surface area contributed by atoms with Crippen LogP contribution >= 0.6 is 15.9 Å².